The predicted octanol–water partition coefficient (Wildman–Crippen LogP) is 3.90. The van der Waals surface area contributed by atoms with Crippen LogP contribution in [0.3, 0.4) is 0 Å². The first-order chi connectivity index (χ1) is 9.31. The van der Waals surface area contributed by atoms with Crippen LogP contribution in [0.4, 0.5) is 5.82 Å². The number of aromatic nitrogens is 1. The van der Waals surface area contributed by atoms with Crippen LogP contribution in [0.2, 0.25) is 0 Å². The van der Waals surface area contributed by atoms with E-state index in [9.17, 15) is 5.11 Å². The van der Waals surface area contributed by atoms with Gasteiger partial charge in [0.1, 0.15) is 11.6 Å². The second kappa shape index (κ2) is 7.04. The van der Waals surface area contributed by atoms with Crippen molar-refractivity contribution in [3.05, 3.63) is 48.2 Å². The molecule has 0 fully saturated rings. The van der Waals surface area contributed by atoms with E-state index in [1.807, 2.05) is 24.3 Å². The van der Waals surface area contributed by atoms with Gasteiger partial charge in [0.05, 0.1) is 0 Å². The summed E-state index contributed by atoms with van der Waals surface area (Å²) in [6.07, 6.45) is 2.87. The number of phenols is 1. The van der Waals surface area contributed by atoms with Crippen molar-refractivity contribution in [2.75, 3.05) is 11.9 Å². The third-order valence-corrected chi connectivity index (χ3v) is 3.79. The average Bonchev–Trinajstić information content (AvgIpc) is 2.45. The van der Waals surface area contributed by atoms with Crippen LogP contribution in [0.1, 0.15) is 18.9 Å². The molecule has 0 spiro atoms. The minimum Gasteiger partial charge on any atom is -0.507 e. The fourth-order valence-electron chi connectivity index (χ4n) is 1.69. The van der Waals surface area contributed by atoms with Crippen molar-refractivity contribution in [2.24, 2.45) is 0 Å². The Labute approximate surface area is 118 Å². The van der Waals surface area contributed by atoms with Gasteiger partial charge in [-0.15, -0.1) is 11.8 Å². The second-order valence-electron chi connectivity index (χ2n) is 4.19. The number of para-hydroxylation sites is 1. The Balaban J connectivity index is 2.05. The van der Waals surface area contributed by atoms with Crippen LogP contribution < -0.4 is 5.32 Å². The molecule has 2 rings (SSSR count). The van der Waals surface area contributed by atoms with E-state index in [2.05, 4.69) is 23.3 Å². The number of benzene rings is 1. The molecule has 1 aromatic heterocycles. The number of rotatable bonds is 6. The highest BCUT2D eigenvalue weighted by atomic mass is 32.2. The van der Waals surface area contributed by atoms with Gasteiger partial charge in [0.15, 0.2) is 0 Å². The predicted molar refractivity (Wildman–Crippen MR) is 80.7 cm³/mol. The van der Waals surface area contributed by atoms with Gasteiger partial charge >= 0.3 is 0 Å². The minimum absolute atomic E-state index is 0.333. The van der Waals surface area contributed by atoms with E-state index in [4.69, 9.17) is 0 Å². The van der Waals surface area contributed by atoms with Gasteiger partial charge in [-0.25, -0.2) is 4.98 Å². The lowest BCUT2D eigenvalue weighted by Gasteiger charge is -2.10. The van der Waals surface area contributed by atoms with Crippen LogP contribution in [0.5, 0.6) is 5.75 Å². The van der Waals surface area contributed by atoms with Crippen molar-refractivity contribution in [3.8, 4) is 5.75 Å². The number of pyridine rings is 1. The maximum atomic E-state index is 9.75. The lowest BCUT2D eigenvalue weighted by Crippen LogP contribution is -2.04. The van der Waals surface area contributed by atoms with Crippen molar-refractivity contribution in [1.29, 1.82) is 0 Å². The van der Waals surface area contributed by atoms with Crippen LogP contribution >= 0.6 is 11.8 Å². The molecule has 0 bridgehead atoms. The Morgan fingerprint density at radius 1 is 1.21 bits per heavy atom. The fraction of sp³-hybridized carbons (Fsp3) is 0.267. The van der Waals surface area contributed by atoms with Gasteiger partial charge < -0.3 is 10.4 Å². The lowest BCUT2D eigenvalue weighted by atomic mass is 10.3. The SMILES string of the molecule is CCCNc1ncccc1CSc1ccccc1O. The molecule has 0 amide bonds. The average molecular weight is 274 g/mol. The first kappa shape index (κ1) is 13.7. The molecule has 1 heterocycles. The minimum atomic E-state index is 0.333. The van der Waals surface area contributed by atoms with E-state index in [-0.39, 0.29) is 0 Å². The summed E-state index contributed by atoms with van der Waals surface area (Å²) >= 11 is 1.62. The smallest absolute Gasteiger partial charge is 0.129 e. The molecule has 4 heteroatoms. The standard InChI is InChI=1S/C15H18N2OS/c1-2-9-16-15-12(6-5-10-17-15)11-19-14-8-4-3-7-13(14)18/h3-8,10,18H,2,9,11H2,1H3,(H,16,17). The number of nitrogens with one attached hydrogen (secondary N) is 1. The van der Waals surface area contributed by atoms with Gasteiger partial charge in [-0.3, -0.25) is 0 Å². The summed E-state index contributed by atoms with van der Waals surface area (Å²) in [4.78, 5) is 5.26. The molecule has 0 atom stereocenters. The van der Waals surface area contributed by atoms with Crippen LogP contribution in [0.15, 0.2) is 47.5 Å². The molecule has 0 saturated heterocycles. The Kier molecular flexibility index (Phi) is 5.10. The number of thioether (sulfide) groups is 1. The molecule has 0 aliphatic heterocycles. The third kappa shape index (κ3) is 3.89. The molecule has 2 aromatic rings. The molecule has 0 aliphatic rings. The first-order valence-electron chi connectivity index (χ1n) is 6.40. The highest BCUT2D eigenvalue weighted by Crippen LogP contribution is 2.31. The number of phenolic OH excluding ortho intramolecular Hbond substituents is 1. The zero-order valence-electron chi connectivity index (χ0n) is 11.0. The van der Waals surface area contributed by atoms with Crippen molar-refractivity contribution in [1.82, 2.24) is 4.98 Å². The van der Waals surface area contributed by atoms with E-state index in [1.54, 1.807) is 24.0 Å². The maximum absolute atomic E-state index is 9.75. The van der Waals surface area contributed by atoms with E-state index in [0.29, 0.717) is 5.75 Å². The Hall–Kier alpha value is -1.68. The quantitative estimate of drug-likeness (QED) is 0.784. The van der Waals surface area contributed by atoms with Crippen molar-refractivity contribution in [2.45, 2.75) is 24.0 Å². The molecule has 3 nitrogen and oxygen atoms in total. The van der Waals surface area contributed by atoms with Crippen molar-refractivity contribution >= 4 is 17.6 Å². The van der Waals surface area contributed by atoms with Crippen LogP contribution in [0, 0.1) is 0 Å². The summed E-state index contributed by atoms with van der Waals surface area (Å²) in [6, 6.07) is 11.4. The molecule has 1 aromatic carbocycles. The van der Waals surface area contributed by atoms with Crippen molar-refractivity contribution in [3.63, 3.8) is 0 Å². The highest BCUT2D eigenvalue weighted by molar-refractivity contribution is 7.98. The topological polar surface area (TPSA) is 45.2 Å². The second-order valence-corrected chi connectivity index (χ2v) is 5.21. The largest absolute Gasteiger partial charge is 0.507 e. The summed E-state index contributed by atoms with van der Waals surface area (Å²) < 4.78 is 0. The summed E-state index contributed by atoms with van der Waals surface area (Å²) in [7, 11) is 0. The first-order valence-corrected chi connectivity index (χ1v) is 7.38. The molecule has 2 N–H and O–H groups in total. The number of hydrogen-bond acceptors (Lipinski definition) is 4. The maximum Gasteiger partial charge on any atom is 0.129 e. The molecule has 0 radical (unpaired) electrons. The number of nitrogens with zero attached hydrogens (tertiary/aromatic N) is 1. The summed E-state index contributed by atoms with van der Waals surface area (Å²) in [5, 5.41) is 13.1. The Morgan fingerprint density at radius 3 is 2.84 bits per heavy atom. The van der Waals surface area contributed by atoms with E-state index < -0.39 is 0 Å². The van der Waals surface area contributed by atoms with Gasteiger partial charge in [0, 0.05) is 29.0 Å². The number of hydrogen-bond donors (Lipinski definition) is 2. The Bertz CT molecular complexity index is 531. The zero-order valence-corrected chi connectivity index (χ0v) is 11.8. The summed E-state index contributed by atoms with van der Waals surface area (Å²) in [5.41, 5.74) is 1.16. The molecule has 100 valence electrons. The monoisotopic (exact) mass is 274 g/mol. The normalized spacial score (nSPS) is 10.4. The molecule has 19 heavy (non-hydrogen) atoms. The van der Waals surface area contributed by atoms with Gasteiger partial charge in [-0.1, -0.05) is 25.1 Å². The van der Waals surface area contributed by atoms with Gasteiger partial charge in [-0.05, 0) is 24.6 Å². The fourth-order valence-corrected chi connectivity index (χ4v) is 2.63. The van der Waals surface area contributed by atoms with E-state index in [0.717, 1.165) is 35.0 Å². The van der Waals surface area contributed by atoms with E-state index >= 15 is 0 Å². The molecule has 0 saturated carbocycles. The Morgan fingerprint density at radius 2 is 2.05 bits per heavy atom. The number of anilines is 1. The van der Waals surface area contributed by atoms with Gasteiger partial charge in [0.2, 0.25) is 0 Å². The van der Waals surface area contributed by atoms with Crippen LogP contribution in [-0.4, -0.2) is 16.6 Å². The third-order valence-electron chi connectivity index (χ3n) is 2.68. The molecule has 0 unspecified atom stereocenters. The van der Waals surface area contributed by atoms with Gasteiger partial charge in [-0.2, -0.15) is 0 Å². The summed E-state index contributed by atoms with van der Waals surface area (Å²) in [5.74, 6) is 2.06. The number of aromatic hydroxyl groups is 1. The summed E-state index contributed by atoms with van der Waals surface area (Å²) in [6.45, 7) is 3.05. The van der Waals surface area contributed by atoms with Crippen LogP contribution in [0.25, 0.3) is 0 Å². The van der Waals surface area contributed by atoms with E-state index in [1.165, 1.54) is 0 Å². The molecular formula is C15H18N2OS. The molecular weight excluding hydrogens is 256 g/mol. The molecule has 0 aliphatic carbocycles. The van der Waals surface area contributed by atoms with Gasteiger partial charge in [0.25, 0.3) is 0 Å². The highest BCUT2D eigenvalue weighted by Gasteiger charge is 2.05. The lowest BCUT2D eigenvalue weighted by molar-refractivity contribution is 0.462. The van der Waals surface area contributed by atoms with Crippen LogP contribution in [-0.2, 0) is 5.75 Å². The van der Waals surface area contributed by atoms with Crippen molar-refractivity contribution < 1.29 is 5.11 Å². The zero-order chi connectivity index (χ0) is 13.5.